The molecular weight excluding hydrogens is 136 g/mol. The lowest BCUT2D eigenvalue weighted by molar-refractivity contribution is 0.0991. The van der Waals surface area contributed by atoms with Gasteiger partial charge in [0.25, 0.3) is 0 Å². The summed E-state index contributed by atoms with van der Waals surface area (Å²) in [6.45, 7) is 16.1. The van der Waals surface area contributed by atoms with Crippen LogP contribution >= 0.6 is 0 Å². The van der Waals surface area contributed by atoms with Gasteiger partial charge in [0.2, 0.25) is 0 Å². The van der Waals surface area contributed by atoms with Crippen LogP contribution in [0.2, 0.25) is 0 Å². The highest BCUT2D eigenvalue weighted by atomic mass is 16.5. The van der Waals surface area contributed by atoms with Gasteiger partial charge in [-0.3, -0.25) is 0 Å². The SMILES string of the molecule is C=C1OC(C)(C)C(=C)C1(C)C. The van der Waals surface area contributed by atoms with Gasteiger partial charge >= 0.3 is 0 Å². The van der Waals surface area contributed by atoms with Crippen LogP contribution in [-0.2, 0) is 4.74 Å². The Morgan fingerprint density at radius 1 is 1.09 bits per heavy atom. The zero-order chi connectivity index (χ0) is 8.86. The fourth-order valence-corrected chi connectivity index (χ4v) is 1.42. The van der Waals surface area contributed by atoms with E-state index in [1.165, 1.54) is 0 Å². The lowest BCUT2D eigenvalue weighted by atomic mass is 9.79. The normalized spacial score (nSPS) is 26.9. The van der Waals surface area contributed by atoms with Gasteiger partial charge in [-0.15, -0.1) is 0 Å². The van der Waals surface area contributed by atoms with Crippen molar-refractivity contribution in [3.8, 4) is 0 Å². The molecule has 0 saturated carbocycles. The smallest absolute Gasteiger partial charge is 0.125 e. The maximum absolute atomic E-state index is 5.58. The minimum absolute atomic E-state index is 0.0660. The molecule has 1 aliphatic rings. The summed E-state index contributed by atoms with van der Waals surface area (Å²) >= 11 is 0. The molecule has 1 heterocycles. The third-order valence-corrected chi connectivity index (χ3v) is 2.56. The van der Waals surface area contributed by atoms with Gasteiger partial charge in [0.05, 0.1) is 5.76 Å². The summed E-state index contributed by atoms with van der Waals surface area (Å²) in [6.07, 6.45) is 0. The molecule has 0 aromatic carbocycles. The van der Waals surface area contributed by atoms with E-state index in [4.69, 9.17) is 4.74 Å². The van der Waals surface area contributed by atoms with E-state index in [0.717, 1.165) is 11.3 Å². The molecule has 1 saturated heterocycles. The topological polar surface area (TPSA) is 9.23 Å². The molecular formula is C10H16O. The Hall–Kier alpha value is -0.720. The zero-order valence-electron chi connectivity index (χ0n) is 7.82. The largest absolute Gasteiger partial charge is 0.488 e. The molecule has 0 unspecified atom stereocenters. The van der Waals surface area contributed by atoms with Gasteiger partial charge in [0, 0.05) is 5.41 Å². The molecule has 62 valence electrons. The fraction of sp³-hybridized carbons (Fsp3) is 0.600. The average Bonchev–Trinajstić information content (AvgIpc) is 1.94. The summed E-state index contributed by atoms with van der Waals surface area (Å²) in [4.78, 5) is 0. The molecule has 11 heavy (non-hydrogen) atoms. The Labute approximate surface area is 68.8 Å². The molecule has 0 atom stereocenters. The Bertz CT molecular complexity index is 221. The van der Waals surface area contributed by atoms with Crippen molar-refractivity contribution in [2.75, 3.05) is 0 Å². The lowest BCUT2D eigenvalue weighted by Gasteiger charge is -2.21. The van der Waals surface area contributed by atoms with Crippen molar-refractivity contribution < 1.29 is 4.74 Å². The van der Waals surface area contributed by atoms with Gasteiger partial charge in [-0.05, 0) is 33.3 Å². The van der Waals surface area contributed by atoms with Gasteiger partial charge in [0.15, 0.2) is 0 Å². The Morgan fingerprint density at radius 3 is 1.64 bits per heavy atom. The van der Waals surface area contributed by atoms with Crippen molar-refractivity contribution in [3.63, 3.8) is 0 Å². The predicted octanol–water partition coefficient (Wildman–Crippen LogP) is 2.89. The van der Waals surface area contributed by atoms with Crippen LogP contribution in [0.4, 0.5) is 0 Å². The van der Waals surface area contributed by atoms with Crippen LogP contribution in [0.15, 0.2) is 24.5 Å². The first-order chi connectivity index (χ1) is 4.78. The van der Waals surface area contributed by atoms with E-state index in [1.807, 2.05) is 13.8 Å². The van der Waals surface area contributed by atoms with Gasteiger partial charge in [-0.25, -0.2) is 0 Å². The summed E-state index contributed by atoms with van der Waals surface area (Å²) in [5.74, 6) is 0.826. The van der Waals surface area contributed by atoms with Crippen LogP contribution in [0.25, 0.3) is 0 Å². The van der Waals surface area contributed by atoms with Gasteiger partial charge in [0.1, 0.15) is 5.60 Å². The summed E-state index contributed by atoms with van der Waals surface area (Å²) < 4.78 is 5.58. The van der Waals surface area contributed by atoms with Gasteiger partial charge in [-0.2, -0.15) is 0 Å². The van der Waals surface area contributed by atoms with Crippen molar-refractivity contribution >= 4 is 0 Å². The molecule has 1 heteroatoms. The molecule has 1 rings (SSSR count). The second-order valence-corrected chi connectivity index (χ2v) is 4.14. The van der Waals surface area contributed by atoms with Crippen LogP contribution < -0.4 is 0 Å². The number of rotatable bonds is 0. The first kappa shape index (κ1) is 8.38. The quantitative estimate of drug-likeness (QED) is 0.485. The van der Waals surface area contributed by atoms with E-state index >= 15 is 0 Å². The maximum Gasteiger partial charge on any atom is 0.125 e. The summed E-state index contributed by atoms with van der Waals surface area (Å²) in [5.41, 5.74) is 0.805. The fourth-order valence-electron chi connectivity index (χ4n) is 1.42. The van der Waals surface area contributed by atoms with E-state index in [2.05, 4.69) is 27.0 Å². The molecule has 1 fully saturated rings. The Morgan fingerprint density at radius 2 is 1.55 bits per heavy atom. The molecule has 1 nitrogen and oxygen atoms in total. The molecule has 0 aliphatic carbocycles. The van der Waals surface area contributed by atoms with Crippen LogP contribution in [0, 0.1) is 5.41 Å². The van der Waals surface area contributed by atoms with Crippen LogP contribution in [0.5, 0.6) is 0 Å². The third kappa shape index (κ3) is 0.991. The highest BCUT2D eigenvalue weighted by Crippen LogP contribution is 2.49. The van der Waals surface area contributed by atoms with E-state index in [1.54, 1.807) is 0 Å². The predicted molar refractivity (Wildman–Crippen MR) is 47.2 cm³/mol. The molecule has 0 radical (unpaired) electrons. The van der Waals surface area contributed by atoms with E-state index in [9.17, 15) is 0 Å². The minimum atomic E-state index is -0.236. The summed E-state index contributed by atoms with van der Waals surface area (Å²) in [5, 5.41) is 0. The Kier molecular flexibility index (Phi) is 1.45. The first-order valence-electron chi connectivity index (χ1n) is 3.87. The van der Waals surface area contributed by atoms with Crippen LogP contribution in [-0.4, -0.2) is 5.60 Å². The van der Waals surface area contributed by atoms with Crippen LogP contribution in [0.3, 0.4) is 0 Å². The summed E-state index contributed by atoms with van der Waals surface area (Å²) in [7, 11) is 0. The van der Waals surface area contributed by atoms with Gasteiger partial charge in [-0.1, -0.05) is 13.2 Å². The van der Waals surface area contributed by atoms with Crippen molar-refractivity contribution in [2.24, 2.45) is 5.41 Å². The highest BCUT2D eigenvalue weighted by molar-refractivity contribution is 5.32. The molecule has 0 aromatic rings. The number of ether oxygens (including phenoxy) is 1. The van der Waals surface area contributed by atoms with E-state index in [0.29, 0.717) is 0 Å². The first-order valence-corrected chi connectivity index (χ1v) is 3.87. The van der Waals surface area contributed by atoms with E-state index < -0.39 is 0 Å². The van der Waals surface area contributed by atoms with Crippen molar-refractivity contribution in [2.45, 2.75) is 33.3 Å². The third-order valence-electron chi connectivity index (χ3n) is 2.56. The molecule has 0 bridgehead atoms. The van der Waals surface area contributed by atoms with E-state index in [-0.39, 0.29) is 11.0 Å². The van der Waals surface area contributed by atoms with Crippen LogP contribution in [0.1, 0.15) is 27.7 Å². The number of hydrogen-bond acceptors (Lipinski definition) is 1. The monoisotopic (exact) mass is 152 g/mol. The second-order valence-electron chi connectivity index (χ2n) is 4.14. The van der Waals surface area contributed by atoms with Crippen molar-refractivity contribution in [1.29, 1.82) is 0 Å². The Balaban J connectivity index is 3.09. The molecule has 0 amide bonds. The molecule has 0 spiro atoms. The standard InChI is InChI=1S/C10H16O/c1-7-9(3,4)8(2)11-10(7,5)6/h1-2H2,3-6H3. The lowest BCUT2D eigenvalue weighted by Crippen LogP contribution is -2.22. The minimum Gasteiger partial charge on any atom is -0.488 e. The van der Waals surface area contributed by atoms with Gasteiger partial charge < -0.3 is 4.74 Å². The maximum atomic E-state index is 5.58. The zero-order valence-corrected chi connectivity index (χ0v) is 7.82. The summed E-state index contributed by atoms with van der Waals surface area (Å²) in [6, 6.07) is 0. The highest BCUT2D eigenvalue weighted by Gasteiger charge is 2.45. The average molecular weight is 152 g/mol. The number of allylic oxidation sites excluding steroid dienone is 1. The second kappa shape index (κ2) is 1.90. The molecule has 1 aliphatic heterocycles. The molecule has 0 N–H and O–H groups in total. The number of hydrogen-bond donors (Lipinski definition) is 0. The van der Waals surface area contributed by atoms with Crippen molar-refractivity contribution in [3.05, 3.63) is 24.5 Å². The van der Waals surface area contributed by atoms with Crippen molar-refractivity contribution in [1.82, 2.24) is 0 Å². The molecule has 0 aromatic heterocycles.